The Morgan fingerprint density at radius 2 is 2.02 bits per heavy atom. The van der Waals surface area contributed by atoms with E-state index >= 15 is 4.39 Å². The minimum atomic E-state index is -5.00. The van der Waals surface area contributed by atoms with E-state index in [1.807, 2.05) is 19.0 Å². The molecule has 45 heavy (non-hydrogen) atoms. The topological polar surface area (TPSA) is 98.1 Å². The molecule has 2 atom stereocenters. The van der Waals surface area contributed by atoms with Crippen LogP contribution in [-0.2, 0) is 17.8 Å². The van der Waals surface area contributed by atoms with Gasteiger partial charge in [-0.2, -0.15) is 15.2 Å². The number of benzene rings is 1. The second kappa shape index (κ2) is 12.7. The number of ether oxygens (including phenoxy) is 2. The zero-order chi connectivity index (χ0) is 32.5. The Kier molecular flexibility index (Phi) is 9.11. The molecular formula is C31H37F4N7O3. The number of rotatable bonds is 10. The predicted molar refractivity (Wildman–Crippen MR) is 158 cm³/mol. The number of nitriles is 1. The number of halogens is 4. The fraction of sp³-hybridized carbons (Fsp3) is 0.548. The first-order valence-corrected chi connectivity index (χ1v) is 14.9. The Balaban J connectivity index is 1.52. The third-order valence-electron chi connectivity index (χ3n) is 8.55. The second-order valence-corrected chi connectivity index (χ2v) is 12.3. The quantitative estimate of drug-likeness (QED) is 0.281. The lowest BCUT2D eigenvalue weighted by atomic mass is 9.97. The highest BCUT2D eigenvalue weighted by Gasteiger charge is 2.44. The van der Waals surface area contributed by atoms with E-state index in [9.17, 15) is 23.2 Å². The van der Waals surface area contributed by atoms with Crippen LogP contribution in [0.1, 0.15) is 37.4 Å². The van der Waals surface area contributed by atoms with Crippen molar-refractivity contribution in [2.45, 2.75) is 57.6 Å². The van der Waals surface area contributed by atoms with E-state index in [0.717, 1.165) is 37.1 Å². The molecule has 1 amide bonds. The van der Waals surface area contributed by atoms with Gasteiger partial charge in [-0.3, -0.25) is 4.79 Å². The molecule has 1 saturated heterocycles. The minimum Gasteiger partial charge on any atom is -0.463 e. The fourth-order valence-corrected chi connectivity index (χ4v) is 6.31. The maximum Gasteiger partial charge on any atom is 0.573 e. The molecule has 1 aromatic heterocycles. The zero-order valence-corrected chi connectivity index (χ0v) is 25.6. The highest BCUT2D eigenvalue weighted by molar-refractivity contribution is 5.87. The van der Waals surface area contributed by atoms with Crippen LogP contribution in [-0.4, -0.2) is 91.0 Å². The Morgan fingerprint density at radius 3 is 2.67 bits per heavy atom. The molecule has 0 unspecified atom stereocenters. The Labute approximate surface area is 259 Å². The lowest BCUT2D eigenvalue weighted by Gasteiger charge is -2.43. The molecule has 3 heterocycles. The van der Waals surface area contributed by atoms with Gasteiger partial charge in [0.05, 0.1) is 37.4 Å². The normalized spacial score (nSPS) is 20.8. The molecule has 5 rings (SSSR count). The van der Waals surface area contributed by atoms with Crippen LogP contribution in [0.5, 0.6) is 11.8 Å². The molecule has 0 N–H and O–H groups in total. The van der Waals surface area contributed by atoms with Gasteiger partial charge in [0.1, 0.15) is 17.3 Å². The summed E-state index contributed by atoms with van der Waals surface area (Å²) in [6.07, 6.45) is -1.37. The average Bonchev–Trinajstić information content (AvgIpc) is 3.73. The van der Waals surface area contributed by atoms with Gasteiger partial charge in [-0.15, -0.1) is 13.2 Å². The lowest BCUT2D eigenvalue weighted by molar-refractivity contribution is -0.274. The van der Waals surface area contributed by atoms with Gasteiger partial charge in [0.25, 0.3) is 0 Å². The standard InChI is InChI=1S/C31H37F4N7O3/c1-5-26(43)41-14-13-40(16-21(41)9-12-36)28-22-15-20(2)42(27-23(32)7-6-8-25(27)45-31(33,34)35)17-24(22)37-29(38-28)44-19-30(10-11-30)18-39(3)4/h5-8,20-21H,1,9-11,13-19H2,2-4H3/t20-,21+/m1/s1. The summed E-state index contributed by atoms with van der Waals surface area (Å²) in [5.41, 5.74) is 0.932. The largest absolute Gasteiger partial charge is 0.573 e. The first-order chi connectivity index (χ1) is 21.3. The molecular weight excluding hydrogens is 594 g/mol. The van der Waals surface area contributed by atoms with E-state index in [4.69, 9.17) is 14.7 Å². The van der Waals surface area contributed by atoms with E-state index in [0.29, 0.717) is 44.2 Å². The van der Waals surface area contributed by atoms with Gasteiger partial charge in [0.15, 0.2) is 5.75 Å². The predicted octanol–water partition coefficient (Wildman–Crippen LogP) is 4.30. The third kappa shape index (κ3) is 7.24. The summed E-state index contributed by atoms with van der Waals surface area (Å²) in [4.78, 5) is 29.3. The van der Waals surface area contributed by atoms with E-state index in [-0.39, 0.29) is 36.0 Å². The Morgan fingerprint density at radius 1 is 1.27 bits per heavy atom. The van der Waals surface area contributed by atoms with E-state index in [2.05, 4.69) is 22.3 Å². The van der Waals surface area contributed by atoms with Crippen molar-refractivity contribution in [3.8, 4) is 17.8 Å². The summed E-state index contributed by atoms with van der Waals surface area (Å²) in [6, 6.07) is 4.78. The smallest absolute Gasteiger partial charge is 0.463 e. The number of hydrogen-bond acceptors (Lipinski definition) is 9. The van der Waals surface area contributed by atoms with Crippen LogP contribution in [0.15, 0.2) is 30.9 Å². The highest BCUT2D eigenvalue weighted by Crippen LogP contribution is 2.46. The number of para-hydroxylation sites is 1. The second-order valence-electron chi connectivity index (χ2n) is 12.3. The van der Waals surface area contributed by atoms with Gasteiger partial charge >= 0.3 is 12.4 Å². The van der Waals surface area contributed by atoms with Crippen LogP contribution in [0.3, 0.4) is 0 Å². The molecule has 0 radical (unpaired) electrons. The number of piperazine rings is 1. The monoisotopic (exact) mass is 631 g/mol. The first kappa shape index (κ1) is 32.3. The number of carbonyl (C=O) groups excluding carboxylic acids is 1. The van der Waals surface area contributed by atoms with Crippen LogP contribution in [0.4, 0.5) is 29.1 Å². The molecule has 2 aliphatic heterocycles. The molecule has 1 saturated carbocycles. The maximum absolute atomic E-state index is 15.2. The first-order valence-electron chi connectivity index (χ1n) is 14.9. The zero-order valence-electron chi connectivity index (χ0n) is 25.6. The van der Waals surface area contributed by atoms with Crippen LogP contribution in [0.25, 0.3) is 0 Å². The van der Waals surface area contributed by atoms with Gasteiger partial charge in [-0.05, 0) is 58.5 Å². The summed E-state index contributed by atoms with van der Waals surface area (Å²) in [5.74, 6) is -1.16. The molecule has 1 aromatic carbocycles. The van der Waals surface area contributed by atoms with E-state index in [1.165, 1.54) is 17.0 Å². The van der Waals surface area contributed by atoms with Crippen molar-refractivity contribution >= 4 is 17.4 Å². The number of amides is 1. The summed E-state index contributed by atoms with van der Waals surface area (Å²) in [6.45, 7) is 7.67. The van der Waals surface area contributed by atoms with Gasteiger partial charge in [0, 0.05) is 43.2 Å². The van der Waals surface area contributed by atoms with E-state index < -0.39 is 30.0 Å². The highest BCUT2D eigenvalue weighted by atomic mass is 19.4. The molecule has 14 heteroatoms. The minimum absolute atomic E-state index is 0.0170. The van der Waals surface area contributed by atoms with Crippen molar-refractivity contribution in [1.29, 1.82) is 5.26 Å². The van der Waals surface area contributed by atoms with E-state index in [1.54, 1.807) is 11.8 Å². The number of hydrogen-bond donors (Lipinski definition) is 0. The average molecular weight is 632 g/mol. The van der Waals surface area contributed by atoms with Gasteiger partial charge < -0.3 is 29.1 Å². The summed E-state index contributed by atoms with van der Waals surface area (Å²) < 4.78 is 65.4. The van der Waals surface area contributed by atoms with Crippen LogP contribution >= 0.6 is 0 Å². The van der Waals surface area contributed by atoms with Crippen molar-refractivity contribution in [3.05, 3.63) is 47.9 Å². The molecule has 0 spiro atoms. The lowest BCUT2D eigenvalue weighted by Crippen LogP contribution is -2.55. The van der Waals surface area contributed by atoms with Crippen LogP contribution < -0.4 is 19.3 Å². The Bertz CT molecular complexity index is 1470. The molecule has 2 fully saturated rings. The van der Waals surface area contributed by atoms with Crippen LogP contribution in [0.2, 0.25) is 0 Å². The van der Waals surface area contributed by atoms with Crippen molar-refractivity contribution in [2.75, 3.05) is 56.7 Å². The fourth-order valence-electron chi connectivity index (χ4n) is 6.31. The summed E-state index contributed by atoms with van der Waals surface area (Å²) in [7, 11) is 3.99. The number of nitrogens with zero attached hydrogens (tertiary/aromatic N) is 7. The van der Waals surface area contributed by atoms with Gasteiger partial charge in [-0.25, -0.2) is 4.39 Å². The number of fused-ring (bicyclic) bond motifs is 1. The third-order valence-corrected chi connectivity index (χ3v) is 8.55. The number of anilines is 2. The van der Waals surface area contributed by atoms with Crippen molar-refractivity contribution in [2.24, 2.45) is 5.41 Å². The molecule has 2 aromatic rings. The molecule has 10 nitrogen and oxygen atoms in total. The van der Waals surface area contributed by atoms with Crippen LogP contribution in [0, 0.1) is 22.6 Å². The maximum atomic E-state index is 15.2. The number of aromatic nitrogens is 2. The van der Waals surface area contributed by atoms with Gasteiger partial charge in [0.2, 0.25) is 5.91 Å². The van der Waals surface area contributed by atoms with Crippen molar-refractivity contribution < 1.29 is 31.8 Å². The number of alkyl halides is 3. The van der Waals surface area contributed by atoms with Crippen molar-refractivity contribution in [3.63, 3.8) is 0 Å². The molecule has 3 aliphatic rings. The SMILES string of the molecule is C=CC(=O)N1CCN(c2nc(OCC3(CN(C)C)CC3)nc3c2C[C@@H](C)N(c2c(F)cccc2OC(F)(F)F)C3)C[C@@H]1CC#N. The molecule has 242 valence electrons. The molecule has 0 bridgehead atoms. The summed E-state index contributed by atoms with van der Waals surface area (Å²) >= 11 is 0. The Hall–Kier alpha value is -4.12. The van der Waals surface area contributed by atoms with Crippen molar-refractivity contribution in [1.82, 2.24) is 19.8 Å². The van der Waals surface area contributed by atoms with Gasteiger partial charge in [-0.1, -0.05) is 12.6 Å². The summed E-state index contributed by atoms with van der Waals surface area (Å²) in [5, 5.41) is 9.49. The number of carbonyl (C=O) groups is 1. The molecule has 1 aliphatic carbocycles.